The Kier molecular flexibility index (Phi) is 5.47. The van der Waals surface area contributed by atoms with Crippen LogP contribution >= 0.6 is 0 Å². The Morgan fingerprint density at radius 2 is 1.93 bits per heavy atom. The topological polar surface area (TPSA) is 180 Å². The highest BCUT2D eigenvalue weighted by molar-refractivity contribution is 7.89. The largest absolute Gasteiger partial charge is 0.457 e. The third-order valence-corrected chi connectivity index (χ3v) is 6.45. The first-order chi connectivity index (χ1) is 13.2. The van der Waals surface area contributed by atoms with Crippen molar-refractivity contribution in [1.29, 1.82) is 0 Å². The van der Waals surface area contributed by atoms with Crippen LogP contribution in [0, 0.1) is 19.8 Å². The molecule has 0 aliphatic carbocycles. The van der Waals surface area contributed by atoms with Gasteiger partial charge in [-0.05, 0) is 26.7 Å². The fourth-order valence-electron chi connectivity index (χ4n) is 3.10. The number of sulfonamides is 1. The molecule has 12 nitrogen and oxygen atoms in total. The predicted molar refractivity (Wildman–Crippen MR) is 95.9 cm³/mol. The molecule has 1 fully saturated rings. The van der Waals surface area contributed by atoms with Crippen LogP contribution in [-0.2, 0) is 26.2 Å². The standard InChI is InChI=1S/C15H21N7O5S/c1-8-12(9(2)27-21-8)28(24,25)22-5-3-4-10(6-22)13(23)26-7-11-18-14(16)20-15(17)19-11/h10H,3-7H2,1-2H3,(H4,16,17,18,19,20). The van der Waals surface area contributed by atoms with Gasteiger partial charge in [0.25, 0.3) is 0 Å². The highest BCUT2D eigenvalue weighted by atomic mass is 32.2. The lowest BCUT2D eigenvalue weighted by atomic mass is 10.00. The summed E-state index contributed by atoms with van der Waals surface area (Å²) in [6.07, 6.45) is 1.03. The third-order valence-electron chi connectivity index (χ3n) is 4.34. The number of aryl methyl sites for hydroxylation is 2. The van der Waals surface area contributed by atoms with Crippen molar-refractivity contribution in [2.45, 2.75) is 38.2 Å². The molecule has 1 saturated heterocycles. The summed E-state index contributed by atoms with van der Waals surface area (Å²) in [6, 6.07) is 0. The van der Waals surface area contributed by atoms with Crippen LogP contribution in [0.15, 0.2) is 9.42 Å². The van der Waals surface area contributed by atoms with Crippen molar-refractivity contribution >= 4 is 27.9 Å². The Morgan fingerprint density at radius 3 is 2.54 bits per heavy atom. The minimum Gasteiger partial charge on any atom is -0.457 e. The van der Waals surface area contributed by atoms with Crippen LogP contribution in [0.3, 0.4) is 0 Å². The Morgan fingerprint density at radius 1 is 1.25 bits per heavy atom. The van der Waals surface area contributed by atoms with Gasteiger partial charge in [-0.2, -0.15) is 19.3 Å². The van der Waals surface area contributed by atoms with Crippen LogP contribution in [0.25, 0.3) is 0 Å². The molecule has 4 N–H and O–H groups in total. The Bertz CT molecular complexity index is 951. The summed E-state index contributed by atoms with van der Waals surface area (Å²) in [5, 5.41) is 3.70. The second-order valence-electron chi connectivity index (χ2n) is 6.43. The monoisotopic (exact) mass is 411 g/mol. The minimum absolute atomic E-state index is 0.00665. The molecular formula is C15H21N7O5S. The number of nitrogens with zero attached hydrogens (tertiary/aromatic N) is 5. The molecule has 13 heteroatoms. The first-order valence-corrected chi connectivity index (χ1v) is 9.98. The molecule has 3 heterocycles. The van der Waals surface area contributed by atoms with E-state index in [9.17, 15) is 13.2 Å². The van der Waals surface area contributed by atoms with Crippen molar-refractivity contribution < 1.29 is 22.5 Å². The van der Waals surface area contributed by atoms with Crippen molar-refractivity contribution in [2.24, 2.45) is 5.92 Å². The smallest absolute Gasteiger partial charge is 0.310 e. The average molecular weight is 411 g/mol. The first kappa shape index (κ1) is 19.9. The number of aromatic nitrogens is 4. The molecule has 0 bridgehead atoms. The summed E-state index contributed by atoms with van der Waals surface area (Å²) in [5.41, 5.74) is 11.2. The molecule has 2 aromatic heterocycles. The van der Waals surface area contributed by atoms with E-state index >= 15 is 0 Å². The number of anilines is 2. The van der Waals surface area contributed by atoms with E-state index < -0.39 is 21.9 Å². The second kappa shape index (κ2) is 7.67. The van der Waals surface area contributed by atoms with E-state index in [-0.39, 0.29) is 47.2 Å². The number of piperidine rings is 1. The van der Waals surface area contributed by atoms with Gasteiger partial charge < -0.3 is 20.7 Å². The van der Waals surface area contributed by atoms with Gasteiger partial charge >= 0.3 is 5.97 Å². The van der Waals surface area contributed by atoms with E-state index in [1.165, 1.54) is 11.2 Å². The Labute approximate surface area is 161 Å². The Balaban J connectivity index is 1.68. The molecule has 0 aromatic carbocycles. The van der Waals surface area contributed by atoms with Crippen molar-refractivity contribution in [2.75, 3.05) is 24.6 Å². The summed E-state index contributed by atoms with van der Waals surface area (Å²) >= 11 is 0. The third kappa shape index (κ3) is 4.04. The molecule has 1 aliphatic heterocycles. The summed E-state index contributed by atoms with van der Waals surface area (Å²) in [5.74, 6) is -0.973. The number of carbonyl (C=O) groups excluding carboxylic acids is 1. The van der Waals surface area contributed by atoms with Gasteiger partial charge in [-0.15, -0.1) is 0 Å². The molecule has 0 radical (unpaired) electrons. The molecule has 3 rings (SSSR count). The van der Waals surface area contributed by atoms with Crippen LogP contribution in [0.1, 0.15) is 30.1 Å². The molecule has 152 valence electrons. The lowest BCUT2D eigenvalue weighted by molar-refractivity contribution is -0.151. The maximum absolute atomic E-state index is 12.9. The van der Waals surface area contributed by atoms with E-state index in [0.29, 0.717) is 19.4 Å². The first-order valence-electron chi connectivity index (χ1n) is 8.54. The van der Waals surface area contributed by atoms with Gasteiger partial charge in [-0.25, -0.2) is 8.42 Å². The van der Waals surface area contributed by atoms with Gasteiger partial charge in [-0.1, -0.05) is 5.16 Å². The van der Waals surface area contributed by atoms with Gasteiger partial charge in [0, 0.05) is 13.1 Å². The van der Waals surface area contributed by atoms with Crippen molar-refractivity contribution in [3.63, 3.8) is 0 Å². The van der Waals surface area contributed by atoms with Crippen molar-refractivity contribution in [3.8, 4) is 0 Å². The number of hydrogen-bond donors (Lipinski definition) is 2. The van der Waals surface area contributed by atoms with Gasteiger partial charge in [-0.3, -0.25) is 4.79 Å². The minimum atomic E-state index is -3.82. The molecule has 28 heavy (non-hydrogen) atoms. The summed E-state index contributed by atoms with van der Waals surface area (Å²) in [7, 11) is -3.82. The molecular weight excluding hydrogens is 390 g/mol. The molecule has 0 spiro atoms. The fourth-order valence-corrected chi connectivity index (χ4v) is 4.91. The number of nitrogen functional groups attached to an aromatic ring is 2. The number of hydrogen-bond acceptors (Lipinski definition) is 11. The normalized spacial score (nSPS) is 18.1. The van der Waals surface area contributed by atoms with Crippen LogP contribution in [-0.4, -0.2) is 51.9 Å². The quantitative estimate of drug-likeness (QED) is 0.621. The predicted octanol–water partition coefficient (Wildman–Crippen LogP) is -0.215. The zero-order valence-electron chi connectivity index (χ0n) is 15.5. The van der Waals surface area contributed by atoms with Crippen molar-refractivity contribution in [1.82, 2.24) is 24.4 Å². The van der Waals surface area contributed by atoms with Gasteiger partial charge in [0.1, 0.15) is 10.6 Å². The zero-order chi connectivity index (χ0) is 20.5. The molecule has 1 aliphatic rings. The summed E-state index contributed by atoms with van der Waals surface area (Å²) in [4.78, 5) is 23.8. The lowest BCUT2D eigenvalue weighted by Gasteiger charge is -2.30. The summed E-state index contributed by atoms with van der Waals surface area (Å²) in [6.45, 7) is 3.17. The molecule has 1 atom stereocenters. The van der Waals surface area contributed by atoms with Gasteiger partial charge in [0.2, 0.25) is 21.9 Å². The maximum atomic E-state index is 12.9. The molecule has 0 amide bonds. The maximum Gasteiger partial charge on any atom is 0.310 e. The van der Waals surface area contributed by atoms with E-state index in [1.54, 1.807) is 6.92 Å². The number of nitrogens with two attached hydrogens (primary N) is 2. The fraction of sp³-hybridized carbons (Fsp3) is 0.533. The van der Waals surface area contributed by atoms with Gasteiger partial charge in [0.15, 0.2) is 18.2 Å². The molecule has 0 saturated carbocycles. The number of carbonyl (C=O) groups is 1. The van der Waals surface area contributed by atoms with Gasteiger partial charge in [0.05, 0.1) is 5.92 Å². The Hall–Kier alpha value is -2.80. The van der Waals surface area contributed by atoms with Crippen LogP contribution in [0.4, 0.5) is 11.9 Å². The number of esters is 1. The number of ether oxygens (including phenoxy) is 1. The van der Waals surface area contributed by atoms with Crippen LogP contribution in [0.2, 0.25) is 0 Å². The number of rotatable bonds is 5. The summed E-state index contributed by atoms with van der Waals surface area (Å²) < 4.78 is 37.3. The van der Waals surface area contributed by atoms with E-state index in [4.69, 9.17) is 20.7 Å². The molecule has 2 aromatic rings. The lowest BCUT2D eigenvalue weighted by Crippen LogP contribution is -2.43. The second-order valence-corrected chi connectivity index (χ2v) is 8.31. The van der Waals surface area contributed by atoms with Crippen LogP contribution in [0.5, 0.6) is 0 Å². The van der Waals surface area contributed by atoms with Crippen molar-refractivity contribution in [3.05, 3.63) is 17.3 Å². The SMILES string of the molecule is Cc1noc(C)c1S(=O)(=O)N1CCCC(C(=O)OCc2nc(N)nc(N)n2)C1. The van der Waals surface area contributed by atoms with E-state index in [1.807, 2.05) is 0 Å². The van der Waals surface area contributed by atoms with Crippen LogP contribution < -0.4 is 11.5 Å². The van der Waals surface area contributed by atoms with E-state index in [0.717, 1.165) is 0 Å². The molecule has 1 unspecified atom stereocenters. The highest BCUT2D eigenvalue weighted by Gasteiger charge is 2.37. The van der Waals surface area contributed by atoms with E-state index in [2.05, 4.69) is 20.1 Å². The highest BCUT2D eigenvalue weighted by Crippen LogP contribution is 2.28. The average Bonchev–Trinajstić information content (AvgIpc) is 2.98. The zero-order valence-corrected chi connectivity index (χ0v) is 16.3.